The molecule has 0 saturated heterocycles. The van der Waals surface area contributed by atoms with Gasteiger partial charge in [0.1, 0.15) is 11.6 Å². The van der Waals surface area contributed by atoms with E-state index < -0.39 is 5.82 Å². The molecule has 18 heavy (non-hydrogen) atoms. The van der Waals surface area contributed by atoms with Crippen LogP contribution in [-0.4, -0.2) is 18.9 Å². The number of benzene rings is 1. The first-order valence-corrected chi connectivity index (χ1v) is 5.70. The highest BCUT2D eigenvalue weighted by molar-refractivity contribution is 6.33. The molecule has 2 rings (SSSR count). The van der Waals surface area contributed by atoms with Crippen LogP contribution in [0, 0.1) is 5.82 Å². The number of nitrogen functional groups attached to an aromatic ring is 1. The maximum atomic E-state index is 13.9. The van der Waals surface area contributed by atoms with Gasteiger partial charge in [0.05, 0.1) is 17.2 Å². The van der Waals surface area contributed by atoms with Crippen LogP contribution < -0.4 is 5.73 Å². The summed E-state index contributed by atoms with van der Waals surface area (Å²) in [6.07, 6.45) is 0.445. The highest BCUT2D eigenvalue weighted by atomic mass is 35.5. The van der Waals surface area contributed by atoms with Gasteiger partial charge in [0.25, 0.3) is 0 Å². The molecular formula is C12H12ClFN2O2. The molecule has 0 amide bonds. The molecule has 0 aliphatic heterocycles. The van der Waals surface area contributed by atoms with E-state index >= 15 is 0 Å². The topological polar surface area (TPSA) is 61.3 Å². The Morgan fingerprint density at radius 3 is 2.89 bits per heavy atom. The molecule has 0 saturated carbocycles. The monoisotopic (exact) mass is 270 g/mol. The number of nitrogens with zero attached hydrogens (tertiary/aromatic N) is 1. The molecule has 0 aliphatic rings. The highest BCUT2D eigenvalue weighted by Gasteiger charge is 2.21. The molecule has 2 N–H and O–H groups in total. The first-order chi connectivity index (χ1) is 8.65. The molecule has 0 atom stereocenters. The van der Waals surface area contributed by atoms with E-state index in [-0.39, 0.29) is 16.4 Å². The van der Waals surface area contributed by atoms with E-state index in [9.17, 15) is 4.39 Å². The third-order valence-corrected chi connectivity index (χ3v) is 2.85. The fourth-order valence-electron chi connectivity index (χ4n) is 1.71. The van der Waals surface area contributed by atoms with Gasteiger partial charge < -0.3 is 15.0 Å². The van der Waals surface area contributed by atoms with Gasteiger partial charge in [-0.15, -0.1) is 0 Å². The molecule has 0 fully saturated rings. The maximum absolute atomic E-state index is 13.9. The zero-order valence-corrected chi connectivity index (χ0v) is 10.5. The quantitative estimate of drug-likeness (QED) is 0.928. The fourth-order valence-corrected chi connectivity index (χ4v) is 1.97. The largest absolute Gasteiger partial charge is 0.384 e. The van der Waals surface area contributed by atoms with E-state index in [1.54, 1.807) is 13.2 Å². The van der Waals surface area contributed by atoms with Crippen molar-refractivity contribution in [1.82, 2.24) is 5.16 Å². The number of anilines is 1. The van der Waals surface area contributed by atoms with Crippen LogP contribution in [0.4, 0.5) is 10.2 Å². The summed E-state index contributed by atoms with van der Waals surface area (Å²) in [4.78, 5) is 0. The molecule has 6 heteroatoms. The zero-order valence-electron chi connectivity index (χ0n) is 9.74. The van der Waals surface area contributed by atoms with E-state index in [0.29, 0.717) is 24.4 Å². The number of ether oxygens (including phenoxy) is 1. The molecule has 1 aromatic heterocycles. The number of hydrogen-bond acceptors (Lipinski definition) is 4. The lowest BCUT2D eigenvalue weighted by Crippen LogP contribution is -1.98. The normalized spacial score (nSPS) is 10.8. The van der Waals surface area contributed by atoms with Gasteiger partial charge in [-0.1, -0.05) is 22.8 Å². The molecule has 1 aromatic carbocycles. The summed E-state index contributed by atoms with van der Waals surface area (Å²) in [5.41, 5.74) is 6.32. The van der Waals surface area contributed by atoms with Crippen LogP contribution in [-0.2, 0) is 11.2 Å². The predicted octanol–water partition coefficient (Wildman–Crippen LogP) is 2.91. The summed E-state index contributed by atoms with van der Waals surface area (Å²) >= 11 is 6.00. The van der Waals surface area contributed by atoms with Crippen LogP contribution in [0.2, 0.25) is 5.02 Å². The Morgan fingerprint density at radius 2 is 2.22 bits per heavy atom. The predicted molar refractivity (Wildman–Crippen MR) is 66.9 cm³/mol. The average Bonchev–Trinajstić information content (AvgIpc) is 2.69. The van der Waals surface area contributed by atoms with Gasteiger partial charge in [0, 0.05) is 19.1 Å². The summed E-state index contributed by atoms with van der Waals surface area (Å²) < 4.78 is 23.9. The van der Waals surface area contributed by atoms with Crippen molar-refractivity contribution in [2.45, 2.75) is 6.42 Å². The third-order valence-electron chi connectivity index (χ3n) is 2.54. The van der Waals surface area contributed by atoms with Gasteiger partial charge in [-0.25, -0.2) is 4.39 Å². The number of aromatic nitrogens is 1. The van der Waals surface area contributed by atoms with Crippen molar-refractivity contribution in [2.24, 2.45) is 0 Å². The lowest BCUT2D eigenvalue weighted by atomic mass is 10.0. The Labute approximate surface area is 108 Å². The van der Waals surface area contributed by atoms with Crippen LogP contribution in [0.15, 0.2) is 22.7 Å². The number of nitrogens with two attached hydrogens (primary N) is 1. The second-order valence-corrected chi connectivity index (χ2v) is 4.11. The van der Waals surface area contributed by atoms with Gasteiger partial charge in [-0.3, -0.25) is 0 Å². The minimum Gasteiger partial charge on any atom is -0.384 e. The zero-order chi connectivity index (χ0) is 13.1. The Hall–Kier alpha value is -1.59. The average molecular weight is 271 g/mol. The van der Waals surface area contributed by atoms with Crippen molar-refractivity contribution in [2.75, 3.05) is 19.5 Å². The molecule has 0 bridgehead atoms. The lowest BCUT2D eigenvalue weighted by Gasteiger charge is -2.06. The van der Waals surface area contributed by atoms with Gasteiger partial charge in [0.15, 0.2) is 5.82 Å². The van der Waals surface area contributed by atoms with E-state index in [1.165, 1.54) is 12.1 Å². The Kier molecular flexibility index (Phi) is 3.84. The van der Waals surface area contributed by atoms with Crippen LogP contribution in [0.5, 0.6) is 0 Å². The van der Waals surface area contributed by atoms with E-state index in [2.05, 4.69) is 5.16 Å². The molecular weight excluding hydrogens is 259 g/mol. The van der Waals surface area contributed by atoms with Gasteiger partial charge in [0.2, 0.25) is 0 Å². The minimum absolute atomic E-state index is 0.119. The standard InChI is InChI=1S/C12H12ClFN2O2/c1-17-6-5-9-11(12(15)16-18-9)10-7(13)3-2-4-8(10)14/h2-4H,5-6H2,1H3,(H2,15,16). The van der Waals surface area contributed by atoms with Crippen molar-refractivity contribution in [3.05, 3.63) is 34.8 Å². The Bertz CT molecular complexity index is 537. The van der Waals surface area contributed by atoms with Crippen LogP contribution in [0.1, 0.15) is 5.76 Å². The summed E-state index contributed by atoms with van der Waals surface area (Å²) in [6, 6.07) is 4.43. The number of halogens is 2. The molecule has 2 aromatic rings. The van der Waals surface area contributed by atoms with Gasteiger partial charge in [-0.2, -0.15) is 0 Å². The smallest absolute Gasteiger partial charge is 0.175 e. The SMILES string of the molecule is COCCc1onc(N)c1-c1c(F)cccc1Cl. The van der Waals surface area contributed by atoms with Crippen molar-refractivity contribution in [3.8, 4) is 11.1 Å². The second-order valence-electron chi connectivity index (χ2n) is 3.71. The molecule has 1 heterocycles. The van der Waals surface area contributed by atoms with Crippen molar-refractivity contribution >= 4 is 17.4 Å². The molecule has 4 nitrogen and oxygen atoms in total. The number of methoxy groups -OCH3 is 1. The van der Waals surface area contributed by atoms with E-state index in [1.807, 2.05) is 0 Å². The van der Waals surface area contributed by atoms with E-state index in [0.717, 1.165) is 0 Å². The van der Waals surface area contributed by atoms with Gasteiger partial charge >= 0.3 is 0 Å². The first-order valence-electron chi connectivity index (χ1n) is 5.32. The Morgan fingerprint density at radius 1 is 1.44 bits per heavy atom. The summed E-state index contributed by atoms with van der Waals surface area (Å²) in [5.74, 6) is 0.116. The van der Waals surface area contributed by atoms with E-state index in [4.69, 9.17) is 26.6 Å². The molecule has 0 spiro atoms. The van der Waals surface area contributed by atoms with Crippen molar-refractivity contribution in [1.29, 1.82) is 0 Å². The summed E-state index contributed by atoms with van der Waals surface area (Å²) in [5, 5.41) is 3.92. The highest BCUT2D eigenvalue weighted by Crippen LogP contribution is 2.36. The van der Waals surface area contributed by atoms with Crippen LogP contribution in [0.3, 0.4) is 0 Å². The van der Waals surface area contributed by atoms with Crippen LogP contribution in [0.25, 0.3) is 11.1 Å². The fraction of sp³-hybridized carbons (Fsp3) is 0.250. The number of rotatable bonds is 4. The second kappa shape index (κ2) is 5.37. The molecule has 0 radical (unpaired) electrons. The third kappa shape index (κ3) is 2.32. The van der Waals surface area contributed by atoms with Crippen molar-refractivity contribution < 1.29 is 13.7 Å². The van der Waals surface area contributed by atoms with Crippen LogP contribution >= 0.6 is 11.6 Å². The summed E-state index contributed by atoms with van der Waals surface area (Å²) in [7, 11) is 1.56. The maximum Gasteiger partial charge on any atom is 0.175 e. The van der Waals surface area contributed by atoms with Gasteiger partial charge in [-0.05, 0) is 12.1 Å². The first kappa shape index (κ1) is 12.9. The molecule has 0 aliphatic carbocycles. The lowest BCUT2D eigenvalue weighted by molar-refractivity contribution is 0.193. The molecule has 0 unspecified atom stereocenters. The summed E-state index contributed by atoms with van der Waals surface area (Å²) in [6.45, 7) is 0.424. The Balaban J connectivity index is 2.52. The van der Waals surface area contributed by atoms with Crippen molar-refractivity contribution in [3.63, 3.8) is 0 Å². The molecule has 96 valence electrons. The number of hydrogen-bond donors (Lipinski definition) is 1. The minimum atomic E-state index is -0.462.